The molecule has 0 spiro atoms. The molecule has 0 amide bonds. The van der Waals surface area contributed by atoms with Crippen LogP contribution >= 0.6 is 0 Å². The Morgan fingerprint density at radius 3 is 1.58 bits per heavy atom. The Hall–Kier alpha value is -2.10. The van der Waals surface area contributed by atoms with Gasteiger partial charge in [-0.2, -0.15) is 0 Å². The molecule has 0 aliphatic rings. The first kappa shape index (κ1) is 13.3. The van der Waals surface area contributed by atoms with E-state index in [1.165, 1.54) is 6.42 Å². The van der Waals surface area contributed by atoms with E-state index in [9.17, 15) is 0 Å². The molecule has 4 heteroatoms. The zero-order chi connectivity index (χ0) is 13.5. The van der Waals surface area contributed by atoms with Crippen molar-refractivity contribution in [2.24, 2.45) is 0 Å². The number of unbranched alkanes of at least 4 members (excludes halogenated alkanes) is 2. The smallest absolute Gasteiger partial charge is 0.272 e. The van der Waals surface area contributed by atoms with E-state index in [4.69, 9.17) is 11.5 Å². The molecule has 0 fully saturated rings. The summed E-state index contributed by atoms with van der Waals surface area (Å²) in [5, 5.41) is 0. The molecular weight excluding hydrogens is 236 g/mol. The first-order valence-corrected chi connectivity index (χ1v) is 6.75. The molecular formula is C15H22N4+2. The summed E-state index contributed by atoms with van der Waals surface area (Å²) >= 11 is 0. The van der Waals surface area contributed by atoms with Crippen molar-refractivity contribution in [1.82, 2.24) is 0 Å². The summed E-state index contributed by atoms with van der Waals surface area (Å²) in [6.07, 6.45) is 7.49. The number of hydrogen-bond donors (Lipinski definition) is 2. The lowest BCUT2D eigenvalue weighted by Crippen LogP contribution is -2.37. The highest BCUT2D eigenvalue weighted by atomic mass is 15.0. The molecule has 0 atom stereocenters. The second-order valence-electron chi connectivity index (χ2n) is 4.70. The molecule has 0 aliphatic heterocycles. The minimum absolute atomic E-state index is 0.823. The molecule has 0 bridgehead atoms. The summed E-state index contributed by atoms with van der Waals surface area (Å²) in [5.41, 5.74) is 11.8. The van der Waals surface area contributed by atoms with Gasteiger partial charge in [0.05, 0.1) is 25.5 Å². The minimum atomic E-state index is 0.823. The molecule has 100 valence electrons. The third kappa shape index (κ3) is 3.95. The van der Waals surface area contributed by atoms with Gasteiger partial charge in [0.15, 0.2) is 0 Å². The SMILES string of the molecule is Nc1cccc[n+]1CCCCC[n+]1ccccc1N. The lowest BCUT2D eigenvalue weighted by molar-refractivity contribution is -0.687. The summed E-state index contributed by atoms with van der Waals surface area (Å²) in [6, 6.07) is 11.8. The van der Waals surface area contributed by atoms with E-state index in [2.05, 4.69) is 9.13 Å². The fourth-order valence-corrected chi connectivity index (χ4v) is 2.13. The minimum Gasteiger partial charge on any atom is -0.287 e. The number of rotatable bonds is 6. The van der Waals surface area contributed by atoms with Crippen LogP contribution in [0.25, 0.3) is 0 Å². The largest absolute Gasteiger partial charge is 0.287 e. The number of pyridine rings is 2. The van der Waals surface area contributed by atoms with E-state index in [1.807, 2.05) is 48.8 Å². The predicted molar refractivity (Wildman–Crippen MR) is 75.9 cm³/mol. The molecule has 0 saturated carbocycles. The van der Waals surface area contributed by atoms with E-state index in [0.717, 1.165) is 37.6 Å². The van der Waals surface area contributed by atoms with Crippen molar-refractivity contribution < 1.29 is 9.13 Å². The average molecular weight is 258 g/mol. The number of nitrogens with zero attached hydrogens (tertiary/aromatic N) is 2. The van der Waals surface area contributed by atoms with Crippen LogP contribution in [0.2, 0.25) is 0 Å². The lowest BCUT2D eigenvalue weighted by Gasteiger charge is -2.04. The van der Waals surface area contributed by atoms with E-state index < -0.39 is 0 Å². The molecule has 0 aliphatic carbocycles. The van der Waals surface area contributed by atoms with Crippen LogP contribution in [0.1, 0.15) is 19.3 Å². The number of nitrogen functional groups attached to an aromatic ring is 2. The number of anilines is 2. The fraction of sp³-hybridized carbons (Fsp3) is 0.333. The van der Waals surface area contributed by atoms with Gasteiger partial charge in [-0.3, -0.25) is 11.5 Å². The second-order valence-corrected chi connectivity index (χ2v) is 4.70. The zero-order valence-corrected chi connectivity index (χ0v) is 11.2. The van der Waals surface area contributed by atoms with E-state index in [0.29, 0.717) is 0 Å². The van der Waals surface area contributed by atoms with Crippen LogP contribution in [0.15, 0.2) is 48.8 Å². The first-order valence-electron chi connectivity index (χ1n) is 6.75. The average Bonchev–Trinajstić information content (AvgIpc) is 2.42. The zero-order valence-electron chi connectivity index (χ0n) is 11.2. The Morgan fingerprint density at radius 1 is 0.684 bits per heavy atom. The molecule has 0 unspecified atom stereocenters. The topological polar surface area (TPSA) is 59.8 Å². The Labute approximate surface area is 114 Å². The molecule has 19 heavy (non-hydrogen) atoms. The predicted octanol–water partition coefficient (Wildman–Crippen LogP) is 1.30. The lowest BCUT2D eigenvalue weighted by atomic mass is 10.2. The van der Waals surface area contributed by atoms with Gasteiger partial charge in [0.25, 0.3) is 11.6 Å². The van der Waals surface area contributed by atoms with Gasteiger partial charge in [-0.15, -0.1) is 0 Å². The molecule has 4 N–H and O–H groups in total. The fourth-order valence-electron chi connectivity index (χ4n) is 2.13. The van der Waals surface area contributed by atoms with Gasteiger partial charge in [-0.05, 0) is 31.4 Å². The van der Waals surface area contributed by atoms with Gasteiger partial charge < -0.3 is 0 Å². The quantitative estimate of drug-likeness (QED) is 0.606. The number of aryl methyl sites for hydroxylation is 2. The molecule has 0 saturated heterocycles. The van der Waals surface area contributed by atoms with Crippen LogP contribution in [0.4, 0.5) is 11.6 Å². The molecule has 2 rings (SSSR count). The van der Waals surface area contributed by atoms with E-state index in [1.54, 1.807) is 0 Å². The highest BCUT2D eigenvalue weighted by Crippen LogP contribution is 1.99. The van der Waals surface area contributed by atoms with Crippen molar-refractivity contribution >= 4 is 11.6 Å². The van der Waals surface area contributed by atoms with Crippen molar-refractivity contribution in [3.05, 3.63) is 48.8 Å². The van der Waals surface area contributed by atoms with Gasteiger partial charge in [0.1, 0.15) is 0 Å². The monoisotopic (exact) mass is 258 g/mol. The van der Waals surface area contributed by atoms with Gasteiger partial charge in [0.2, 0.25) is 0 Å². The van der Waals surface area contributed by atoms with Crippen LogP contribution < -0.4 is 20.6 Å². The third-order valence-corrected chi connectivity index (χ3v) is 3.25. The van der Waals surface area contributed by atoms with Crippen LogP contribution in [-0.4, -0.2) is 0 Å². The summed E-state index contributed by atoms with van der Waals surface area (Å²) < 4.78 is 4.17. The Bertz CT molecular complexity index is 478. The number of aromatic nitrogens is 2. The Balaban J connectivity index is 1.71. The van der Waals surface area contributed by atoms with Crippen LogP contribution in [-0.2, 0) is 13.1 Å². The van der Waals surface area contributed by atoms with Crippen LogP contribution in [0, 0.1) is 0 Å². The van der Waals surface area contributed by atoms with Crippen LogP contribution in [0.3, 0.4) is 0 Å². The number of hydrogen-bond acceptors (Lipinski definition) is 2. The summed E-state index contributed by atoms with van der Waals surface area (Å²) in [5.74, 6) is 1.65. The number of nitrogens with two attached hydrogens (primary N) is 2. The molecule has 2 aromatic heterocycles. The Morgan fingerprint density at radius 2 is 1.16 bits per heavy atom. The highest BCUT2D eigenvalue weighted by molar-refractivity contribution is 5.19. The molecule has 0 radical (unpaired) electrons. The van der Waals surface area contributed by atoms with E-state index >= 15 is 0 Å². The van der Waals surface area contributed by atoms with E-state index in [-0.39, 0.29) is 0 Å². The summed E-state index contributed by atoms with van der Waals surface area (Å²) in [6.45, 7) is 1.95. The van der Waals surface area contributed by atoms with Crippen molar-refractivity contribution in [1.29, 1.82) is 0 Å². The highest BCUT2D eigenvalue weighted by Gasteiger charge is 2.04. The van der Waals surface area contributed by atoms with Gasteiger partial charge in [-0.25, -0.2) is 9.13 Å². The normalized spacial score (nSPS) is 10.5. The van der Waals surface area contributed by atoms with Crippen molar-refractivity contribution in [3.63, 3.8) is 0 Å². The van der Waals surface area contributed by atoms with Gasteiger partial charge >= 0.3 is 0 Å². The Kier molecular flexibility index (Phi) is 4.72. The third-order valence-electron chi connectivity index (χ3n) is 3.25. The maximum atomic E-state index is 5.89. The maximum Gasteiger partial charge on any atom is 0.272 e. The second kappa shape index (κ2) is 6.73. The van der Waals surface area contributed by atoms with Gasteiger partial charge in [-0.1, -0.05) is 12.1 Å². The maximum absolute atomic E-state index is 5.89. The van der Waals surface area contributed by atoms with Crippen molar-refractivity contribution in [3.8, 4) is 0 Å². The molecule has 4 nitrogen and oxygen atoms in total. The van der Waals surface area contributed by atoms with Crippen LogP contribution in [0.5, 0.6) is 0 Å². The molecule has 2 heterocycles. The van der Waals surface area contributed by atoms with Gasteiger partial charge in [0, 0.05) is 12.1 Å². The first-order chi connectivity index (χ1) is 9.27. The van der Waals surface area contributed by atoms with Crippen molar-refractivity contribution in [2.45, 2.75) is 32.4 Å². The standard InChI is InChI=1S/C15H20N4/c16-14-8-2-6-12-18(14)10-4-1-5-11-19-13-7-3-9-15(19)17/h2-3,6-9,12-13,16-17H,1,4-5,10-11H2/p+2. The summed E-state index contributed by atoms with van der Waals surface area (Å²) in [7, 11) is 0. The van der Waals surface area contributed by atoms with Crippen molar-refractivity contribution in [2.75, 3.05) is 11.5 Å². The molecule has 2 aromatic rings. The summed E-state index contributed by atoms with van der Waals surface area (Å²) in [4.78, 5) is 0. The molecule has 0 aromatic carbocycles.